The van der Waals surface area contributed by atoms with Crippen molar-refractivity contribution < 1.29 is 53.4 Å². The molecule has 0 radical (unpaired) electrons. The number of rotatable bonds is 18. The van der Waals surface area contributed by atoms with Crippen LogP contribution in [-0.2, 0) is 44.0 Å². The number of benzene rings is 2. The molecular weight excluding hydrogens is 931 g/mol. The van der Waals surface area contributed by atoms with E-state index in [4.69, 9.17) is 27.8 Å². The van der Waals surface area contributed by atoms with E-state index in [9.17, 15) is 25.6 Å². The molecule has 0 spiro atoms. The maximum Gasteiger partial charge on any atom is 0.204 e. The summed E-state index contributed by atoms with van der Waals surface area (Å²) < 4.78 is 115. The average molecular weight is 975 g/mol. The van der Waals surface area contributed by atoms with E-state index in [1.165, 1.54) is 41.0 Å². The molecule has 0 saturated carbocycles. The number of hydrogen-bond donors (Lipinski definition) is 0. The van der Waals surface area contributed by atoms with Gasteiger partial charge in [-0.2, -0.15) is 0 Å². The van der Waals surface area contributed by atoms with Gasteiger partial charge in [0.2, 0.25) is 11.6 Å². The number of methoxy groups -OCH3 is 4. The third kappa shape index (κ3) is 10.7. The lowest BCUT2D eigenvalue weighted by molar-refractivity contribution is 0.390. The van der Waals surface area contributed by atoms with Crippen molar-refractivity contribution in [2.24, 2.45) is 0 Å². The summed E-state index contributed by atoms with van der Waals surface area (Å²) in [5, 5.41) is 15.0. The van der Waals surface area contributed by atoms with Gasteiger partial charge in [-0.15, -0.1) is 20.4 Å². The summed E-state index contributed by atoms with van der Waals surface area (Å²) >= 11 is 0. The van der Waals surface area contributed by atoms with Crippen LogP contribution in [0.1, 0.15) is 37.1 Å². The quantitative estimate of drug-likeness (QED) is 0.0951. The molecule has 8 aromatic rings. The standard InChI is InChI=1S/2C22H22FN5O5S/c2*1-14(10-19-24-11-15(23)12-25-19)34(29,30)13-20-26-27-22(18-8-5-9-33-18)28(20)21-16(31-2)6-4-7-17(21)32-3/h2*4-9,11-12,14H,10,13H2,1-3H3/t2*14-/m10/s1. The smallest absolute Gasteiger partial charge is 0.204 e. The summed E-state index contributed by atoms with van der Waals surface area (Å²) in [4.78, 5) is 15.4. The van der Waals surface area contributed by atoms with E-state index < -0.39 is 53.3 Å². The lowest BCUT2D eigenvalue weighted by Crippen LogP contribution is -2.24. The highest BCUT2D eigenvalue weighted by Gasteiger charge is 2.32. The second-order valence-electron chi connectivity index (χ2n) is 14.8. The number of nitrogens with zero attached hydrogens (tertiary/aromatic N) is 10. The zero-order valence-electron chi connectivity index (χ0n) is 37.3. The molecule has 0 aliphatic carbocycles. The van der Waals surface area contributed by atoms with Crippen LogP contribution in [0.2, 0.25) is 0 Å². The number of para-hydroxylation sites is 2. The Balaban J connectivity index is 0.000000201. The first-order valence-corrected chi connectivity index (χ1v) is 23.9. The molecule has 2 aromatic carbocycles. The van der Waals surface area contributed by atoms with Crippen molar-refractivity contribution in [3.05, 3.63) is 133 Å². The normalized spacial score (nSPS) is 12.5. The summed E-state index contributed by atoms with van der Waals surface area (Å²) in [6.45, 7) is 3.08. The van der Waals surface area contributed by atoms with E-state index >= 15 is 0 Å². The summed E-state index contributed by atoms with van der Waals surface area (Å²) in [7, 11) is -1.53. The van der Waals surface area contributed by atoms with Crippen LogP contribution in [0.15, 0.2) is 107 Å². The lowest BCUT2D eigenvalue weighted by Gasteiger charge is -2.17. The number of sulfone groups is 2. The molecular formula is C44H44F2N10O10S2. The van der Waals surface area contributed by atoms with Crippen molar-refractivity contribution in [1.29, 1.82) is 0 Å². The van der Waals surface area contributed by atoms with Gasteiger partial charge in [-0.1, -0.05) is 12.1 Å². The van der Waals surface area contributed by atoms with E-state index in [0.29, 0.717) is 45.9 Å². The molecule has 68 heavy (non-hydrogen) atoms. The van der Waals surface area contributed by atoms with Gasteiger partial charge in [-0.3, -0.25) is 9.13 Å². The van der Waals surface area contributed by atoms with Crippen molar-refractivity contribution in [3.63, 3.8) is 0 Å². The topological polar surface area (TPSA) is 244 Å². The Bertz CT molecular complexity index is 2910. The predicted molar refractivity (Wildman–Crippen MR) is 240 cm³/mol. The van der Waals surface area contributed by atoms with E-state index in [2.05, 4.69) is 40.3 Å². The van der Waals surface area contributed by atoms with Gasteiger partial charge in [0.05, 0.1) is 76.3 Å². The second-order valence-corrected chi connectivity index (χ2v) is 19.6. The number of halogens is 2. The van der Waals surface area contributed by atoms with Gasteiger partial charge in [0.15, 0.2) is 54.5 Å². The molecule has 0 fully saturated rings. The molecule has 0 amide bonds. The summed E-state index contributed by atoms with van der Waals surface area (Å²) in [6, 6.07) is 17.1. The largest absolute Gasteiger partial charge is 0.494 e. The maximum atomic E-state index is 13.3. The first-order valence-electron chi connectivity index (χ1n) is 20.4. The first-order chi connectivity index (χ1) is 32.7. The molecule has 0 aliphatic rings. The van der Waals surface area contributed by atoms with Crippen molar-refractivity contribution in [2.75, 3.05) is 28.4 Å². The molecule has 2 atom stereocenters. The Morgan fingerprint density at radius 3 is 1.16 bits per heavy atom. The van der Waals surface area contributed by atoms with Crippen molar-refractivity contribution in [2.45, 2.75) is 48.7 Å². The molecule has 8 rings (SSSR count). The minimum Gasteiger partial charge on any atom is -0.494 e. The number of ether oxygens (including phenoxy) is 4. The molecule has 0 bridgehead atoms. The third-order valence-electron chi connectivity index (χ3n) is 10.4. The second kappa shape index (κ2) is 20.9. The van der Waals surface area contributed by atoms with Crippen LogP contribution in [0.25, 0.3) is 34.5 Å². The van der Waals surface area contributed by atoms with E-state index in [1.807, 2.05) is 0 Å². The molecule has 24 heteroatoms. The number of furan rings is 2. The summed E-state index contributed by atoms with van der Waals surface area (Å²) in [6.07, 6.45) is 7.00. The van der Waals surface area contributed by atoms with E-state index in [-0.39, 0.29) is 47.8 Å². The number of hydrogen-bond acceptors (Lipinski definition) is 18. The van der Waals surface area contributed by atoms with Crippen LogP contribution < -0.4 is 18.9 Å². The highest BCUT2D eigenvalue weighted by atomic mass is 32.2. The minimum absolute atomic E-state index is 0.0137. The third-order valence-corrected chi connectivity index (χ3v) is 14.5. The lowest BCUT2D eigenvalue weighted by atomic mass is 10.2. The van der Waals surface area contributed by atoms with Crippen LogP contribution in [0.5, 0.6) is 23.0 Å². The van der Waals surface area contributed by atoms with Crippen LogP contribution in [0.4, 0.5) is 8.78 Å². The van der Waals surface area contributed by atoms with Gasteiger partial charge in [0.1, 0.15) is 57.5 Å². The highest BCUT2D eigenvalue weighted by molar-refractivity contribution is 7.91. The number of aromatic nitrogens is 10. The fourth-order valence-electron chi connectivity index (χ4n) is 6.83. The van der Waals surface area contributed by atoms with Crippen LogP contribution in [0, 0.1) is 11.6 Å². The van der Waals surface area contributed by atoms with Gasteiger partial charge >= 0.3 is 0 Å². The molecule has 20 nitrogen and oxygen atoms in total. The van der Waals surface area contributed by atoms with Gasteiger partial charge in [-0.25, -0.2) is 45.6 Å². The summed E-state index contributed by atoms with van der Waals surface area (Å²) in [5.41, 5.74) is 0.868. The predicted octanol–water partition coefficient (Wildman–Crippen LogP) is 6.04. The van der Waals surface area contributed by atoms with E-state index in [1.54, 1.807) is 83.6 Å². The van der Waals surface area contributed by atoms with Gasteiger partial charge < -0.3 is 27.8 Å². The Morgan fingerprint density at radius 2 is 0.868 bits per heavy atom. The Kier molecular flexibility index (Phi) is 14.9. The fourth-order valence-corrected chi connectivity index (χ4v) is 9.29. The first kappa shape index (κ1) is 48.3. The molecule has 6 heterocycles. The average Bonchev–Trinajstić information content (AvgIpc) is 4.19. The molecule has 0 aliphatic heterocycles. The molecule has 0 N–H and O–H groups in total. The van der Waals surface area contributed by atoms with Crippen LogP contribution >= 0.6 is 0 Å². The molecule has 356 valence electrons. The van der Waals surface area contributed by atoms with Crippen LogP contribution in [0.3, 0.4) is 0 Å². The minimum atomic E-state index is -3.76. The monoisotopic (exact) mass is 974 g/mol. The van der Waals surface area contributed by atoms with Gasteiger partial charge in [0.25, 0.3) is 0 Å². The van der Waals surface area contributed by atoms with Crippen molar-refractivity contribution >= 4 is 19.7 Å². The van der Waals surface area contributed by atoms with Crippen molar-refractivity contribution in [1.82, 2.24) is 49.5 Å². The van der Waals surface area contributed by atoms with Crippen LogP contribution in [-0.4, -0.2) is 105 Å². The highest BCUT2D eigenvalue weighted by Crippen LogP contribution is 2.38. The molecule has 6 aromatic heterocycles. The maximum absolute atomic E-state index is 13.3. The SMILES string of the molecule is COc1cccc(OC)c1-n1c(CS(=O)(=O)[C@@H](C)Cc2ncc(F)cn2)nnc1-c1ccco1.COc1cccc(OC)c1-n1c(CS(=O)(=O)[C@H](C)Cc2ncc(F)cn2)nnc1-c1ccco1. The summed E-state index contributed by atoms with van der Waals surface area (Å²) in [5.74, 6) is 1.72. The van der Waals surface area contributed by atoms with Gasteiger partial charge in [-0.05, 0) is 62.4 Å². The van der Waals surface area contributed by atoms with E-state index in [0.717, 1.165) is 24.8 Å². The Hall–Kier alpha value is -7.60. The Morgan fingerprint density at radius 1 is 0.529 bits per heavy atom. The molecule has 0 saturated heterocycles. The zero-order chi connectivity index (χ0) is 48.6. The Labute approximate surface area is 388 Å². The van der Waals surface area contributed by atoms with Gasteiger partial charge in [0, 0.05) is 12.8 Å². The van der Waals surface area contributed by atoms with Crippen molar-refractivity contribution in [3.8, 4) is 57.5 Å². The fraction of sp³-hybridized carbons (Fsp3) is 0.273. The molecule has 0 unspecified atom stereocenters. The zero-order valence-corrected chi connectivity index (χ0v) is 39.0.